The predicted molar refractivity (Wildman–Crippen MR) is 81.9 cm³/mol. The molecule has 4 nitrogen and oxygen atoms in total. The highest BCUT2D eigenvalue weighted by atomic mass is 32.2. The summed E-state index contributed by atoms with van der Waals surface area (Å²) >= 11 is 3.01. The van der Waals surface area contributed by atoms with Crippen molar-refractivity contribution in [1.82, 2.24) is 0 Å². The van der Waals surface area contributed by atoms with E-state index in [1.165, 1.54) is 24.2 Å². The fraction of sp³-hybridized carbons (Fsp3) is 0.615. The summed E-state index contributed by atoms with van der Waals surface area (Å²) in [5, 5.41) is 13.3. The Balaban J connectivity index is 1.73. The van der Waals surface area contributed by atoms with Gasteiger partial charge in [0, 0.05) is 19.8 Å². The number of hydrogen-bond donors (Lipinski definition) is 2. The molecule has 0 saturated heterocycles. The Labute approximate surface area is 122 Å². The van der Waals surface area contributed by atoms with Gasteiger partial charge in [0.1, 0.15) is 15.9 Å². The van der Waals surface area contributed by atoms with Crippen LogP contribution in [-0.2, 0) is 4.74 Å². The van der Waals surface area contributed by atoms with Crippen LogP contribution in [0.3, 0.4) is 0 Å². The van der Waals surface area contributed by atoms with Crippen LogP contribution in [0, 0.1) is 17.2 Å². The molecule has 1 aliphatic rings. The Hall–Kier alpha value is -0.900. The lowest BCUT2D eigenvalue weighted by Gasteiger charge is -2.06. The molecule has 2 rings (SSSR count). The largest absolute Gasteiger partial charge is 0.396 e. The van der Waals surface area contributed by atoms with Crippen molar-refractivity contribution in [1.29, 1.82) is 5.26 Å². The number of hydrogen-bond acceptors (Lipinski definition) is 6. The number of thioether (sulfide) groups is 1. The summed E-state index contributed by atoms with van der Waals surface area (Å²) in [5.74, 6) is 0.825. The van der Waals surface area contributed by atoms with Crippen LogP contribution in [0.2, 0.25) is 0 Å². The lowest BCUT2D eigenvalue weighted by molar-refractivity contribution is 0.124. The first-order valence-corrected chi connectivity index (χ1v) is 8.48. The Kier molecular flexibility index (Phi) is 5.37. The zero-order chi connectivity index (χ0) is 13.7. The smallest absolute Gasteiger partial charge is 0.131 e. The van der Waals surface area contributed by atoms with Crippen molar-refractivity contribution in [2.45, 2.75) is 24.2 Å². The third-order valence-electron chi connectivity index (χ3n) is 3.01. The average Bonchev–Trinajstić information content (AvgIpc) is 3.18. The van der Waals surface area contributed by atoms with Gasteiger partial charge in [-0.2, -0.15) is 5.26 Å². The van der Waals surface area contributed by atoms with Crippen LogP contribution in [0.5, 0.6) is 0 Å². The summed E-state index contributed by atoms with van der Waals surface area (Å²) in [4.78, 5) is 1.58. The molecular formula is C13H19N3OS2. The second-order valence-electron chi connectivity index (χ2n) is 4.62. The summed E-state index contributed by atoms with van der Waals surface area (Å²) in [7, 11) is 0. The van der Waals surface area contributed by atoms with E-state index in [1.807, 2.05) is 6.26 Å². The average molecular weight is 297 g/mol. The van der Waals surface area contributed by atoms with Crippen LogP contribution in [0.4, 0.5) is 10.7 Å². The molecule has 1 aromatic rings. The first-order chi connectivity index (χ1) is 9.26. The minimum absolute atomic E-state index is 0.594. The van der Waals surface area contributed by atoms with E-state index in [0.717, 1.165) is 42.0 Å². The molecule has 104 valence electrons. The third kappa shape index (κ3) is 4.03. The molecule has 0 atom stereocenters. The van der Waals surface area contributed by atoms with Gasteiger partial charge < -0.3 is 15.8 Å². The molecule has 0 aromatic carbocycles. The van der Waals surface area contributed by atoms with Crippen LogP contribution in [-0.4, -0.2) is 26.0 Å². The van der Waals surface area contributed by atoms with Crippen molar-refractivity contribution in [2.24, 2.45) is 5.92 Å². The van der Waals surface area contributed by atoms with Crippen molar-refractivity contribution < 1.29 is 4.74 Å². The van der Waals surface area contributed by atoms with E-state index < -0.39 is 0 Å². The molecule has 6 heteroatoms. The monoisotopic (exact) mass is 297 g/mol. The zero-order valence-electron chi connectivity index (χ0n) is 11.1. The molecule has 1 aliphatic carbocycles. The van der Waals surface area contributed by atoms with E-state index in [4.69, 9.17) is 15.7 Å². The summed E-state index contributed by atoms with van der Waals surface area (Å²) < 4.78 is 5.58. The number of nitrogens with zero attached hydrogens (tertiary/aromatic N) is 1. The molecule has 1 heterocycles. The van der Waals surface area contributed by atoms with E-state index in [-0.39, 0.29) is 0 Å². The summed E-state index contributed by atoms with van der Waals surface area (Å²) in [6, 6.07) is 2.14. The van der Waals surface area contributed by atoms with Crippen LogP contribution in [0.15, 0.2) is 4.90 Å². The topological polar surface area (TPSA) is 71.1 Å². The van der Waals surface area contributed by atoms with Gasteiger partial charge in [0.05, 0.1) is 10.6 Å². The SMILES string of the molecule is CSc1c(NCCCOCC2CC2)sc(C#N)c1N. The third-order valence-corrected chi connectivity index (χ3v) is 5.04. The number of thiophene rings is 1. The number of ether oxygens (including phenoxy) is 1. The minimum Gasteiger partial charge on any atom is -0.396 e. The van der Waals surface area contributed by atoms with Gasteiger partial charge in [-0.25, -0.2) is 0 Å². The quantitative estimate of drug-likeness (QED) is 0.570. The highest BCUT2D eigenvalue weighted by molar-refractivity contribution is 7.99. The Bertz CT molecular complexity index is 463. The summed E-state index contributed by atoms with van der Waals surface area (Å²) in [5.41, 5.74) is 6.52. The van der Waals surface area contributed by atoms with Gasteiger partial charge in [0.25, 0.3) is 0 Å². The van der Waals surface area contributed by atoms with Gasteiger partial charge in [-0.15, -0.1) is 23.1 Å². The van der Waals surface area contributed by atoms with Crippen molar-refractivity contribution in [3.63, 3.8) is 0 Å². The first kappa shape index (κ1) is 14.5. The maximum absolute atomic E-state index is 8.97. The molecule has 3 N–H and O–H groups in total. The van der Waals surface area contributed by atoms with Crippen molar-refractivity contribution in [3.8, 4) is 6.07 Å². The van der Waals surface area contributed by atoms with Crippen LogP contribution in [0.1, 0.15) is 24.1 Å². The lowest BCUT2D eigenvalue weighted by atomic mass is 10.4. The highest BCUT2D eigenvalue weighted by Gasteiger charge is 2.20. The molecule has 1 fully saturated rings. The lowest BCUT2D eigenvalue weighted by Crippen LogP contribution is -2.06. The Morgan fingerprint density at radius 2 is 2.37 bits per heavy atom. The maximum atomic E-state index is 8.97. The molecule has 19 heavy (non-hydrogen) atoms. The second-order valence-corrected chi connectivity index (χ2v) is 6.45. The maximum Gasteiger partial charge on any atom is 0.131 e. The second kappa shape index (κ2) is 7.04. The van der Waals surface area contributed by atoms with Gasteiger partial charge in [0.15, 0.2) is 0 Å². The van der Waals surface area contributed by atoms with E-state index >= 15 is 0 Å². The predicted octanol–water partition coefficient (Wildman–Crippen LogP) is 3.15. The van der Waals surface area contributed by atoms with Crippen LogP contribution < -0.4 is 11.1 Å². The summed E-state index contributed by atoms with van der Waals surface area (Å²) in [6.45, 7) is 2.56. The van der Waals surface area contributed by atoms with Gasteiger partial charge >= 0.3 is 0 Å². The molecule has 1 saturated carbocycles. The van der Waals surface area contributed by atoms with E-state index in [1.54, 1.807) is 11.8 Å². The highest BCUT2D eigenvalue weighted by Crippen LogP contribution is 2.41. The normalized spacial score (nSPS) is 14.3. The fourth-order valence-corrected chi connectivity index (χ4v) is 3.60. The van der Waals surface area contributed by atoms with Crippen molar-refractivity contribution >= 4 is 33.8 Å². The Morgan fingerprint density at radius 1 is 1.58 bits per heavy atom. The van der Waals surface area contributed by atoms with Crippen molar-refractivity contribution in [3.05, 3.63) is 4.88 Å². The first-order valence-electron chi connectivity index (χ1n) is 6.44. The fourth-order valence-electron chi connectivity index (χ4n) is 1.74. The van der Waals surface area contributed by atoms with E-state index in [9.17, 15) is 0 Å². The minimum atomic E-state index is 0.594. The number of anilines is 2. The molecule has 0 aliphatic heterocycles. The summed E-state index contributed by atoms with van der Waals surface area (Å²) in [6.07, 6.45) is 5.62. The van der Waals surface area contributed by atoms with E-state index in [0.29, 0.717) is 10.6 Å². The van der Waals surface area contributed by atoms with Crippen LogP contribution >= 0.6 is 23.1 Å². The number of rotatable bonds is 8. The number of nitrogen functional groups attached to an aromatic ring is 1. The Morgan fingerprint density at radius 3 is 3.00 bits per heavy atom. The molecule has 0 spiro atoms. The van der Waals surface area contributed by atoms with Crippen molar-refractivity contribution in [2.75, 3.05) is 37.1 Å². The number of nitrogens with two attached hydrogens (primary N) is 1. The molecule has 0 unspecified atom stereocenters. The zero-order valence-corrected chi connectivity index (χ0v) is 12.7. The van der Waals surface area contributed by atoms with Gasteiger partial charge in [-0.1, -0.05) is 0 Å². The molecule has 1 aromatic heterocycles. The van der Waals surface area contributed by atoms with Gasteiger partial charge in [-0.3, -0.25) is 0 Å². The van der Waals surface area contributed by atoms with E-state index in [2.05, 4.69) is 11.4 Å². The number of nitrogens with one attached hydrogen (secondary N) is 1. The standard InChI is InChI=1S/C13H19N3OS2/c1-18-12-11(15)10(7-14)19-13(12)16-5-2-6-17-8-9-3-4-9/h9,16H,2-6,8,15H2,1H3. The molecule has 0 amide bonds. The van der Waals surface area contributed by atoms with Crippen LogP contribution in [0.25, 0.3) is 0 Å². The van der Waals surface area contributed by atoms with Gasteiger partial charge in [0.2, 0.25) is 0 Å². The molecule has 0 radical (unpaired) electrons. The number of nitriles is 1. The molecular weight excluding hydrogens is 278 g/mol. The van der Waals surface area contributed by atoms with Gasteiger partial charge in [-0.05, 0) is 31.4 Å². The molecule has 0 bridgehead atoms.